The van der Waals surface area contributed by atoms with E-state index in [-0.39, 0.29) is 23.9 Å². The molecule has 0 aromatic heterocycles. The number of carboxylic acids is 1. The van der Waals surface area contributed by atoms with E-state index in [0.717, 1.165) is 12.8 Å². The molecule has 2 unspecified atom stereocenters. The van der Waals surface area contributed by atoms with E-state index in [1.807, 2.05) is 12.1 Å². The van der Waals surface area contributed by atoms with Gasteiger partial charge in [0.15, 0.2) is 0 Å². The molecule has 2 N–H and O–H groups in total. The zero-order valence-electron chi connectivity index (χ0n) is 13.7. The SMILES string of the molecule is CC1CCC(NC(=O)Cc2ccccc2C(=O)O)c2ccccc21. The standard InChI is InChI=1S/C20H21NO3/c1-13-10-11-18(17-9-5-4-7-15(13)17)21-19(22)12-14-6-2-3-8-16(14)20(23)24/h2-9,13,18H,10-12H2,1H3,(H,21,22)(H,23,24). The van der Waals surface area contributed by atoms with Gasteiger partial charge in [0.2, 0.25) is 5.91 Å². The van der Waals surface area contributed by atoms with Crippen LogP contribution in [0.5, 0.6) is 0 Å². The van der Waals surface area contributed by atoms with Gasteiger partial charge in [-0.1, -0.05) is 49.4 Å². The smallest absolute Gasteiger partial charge is 0.335 e. The van der Waals surface area contributed by atoms with Crippen LogP contribution in [0, 0.1) is 0 Å². The minimum Gasteiger partial charge on any atom is -0.478 e. The van der Waals surface area contributed by atoms with Crippen molar-refractivity contribution in [1.29, 1.82) is 0 Å². The van der Waals surface area contributed by atoms with Crippen LogP contribution in [0.15, 0.2) is 48.5 Å². The van der Waals surface area contributed by atoms with Crippen LogP contribution in [0.3, 0.4) is 0 Å². The molecule has 2 aromatic carbocycles. The summed E-state index contributed by atoms with van der Waals surface area (Å²) in [6.07, 6.45) is 2.02. The van der Waals surface area contributed by atoms with Crippen molar-refractivity contribution >= 4 is 11.9 Å². The molecule has 0 fully saturated rings. The van der Waals surface area contributed by atoms with E-state index in [4.69, 9.17) is 0 Å². The van der Waals surface area contributed by atoms with Crippen LogP contribution in [0.2, 0.25) is 0 Å². The summed E-state index contributed by atoms with van der Waals surface area (Å²) < 4.78 is 0. The van der Waals surface area contributed by atoms with E-state index in [0.29, 0.717) is 11.5 Å². The van der Waals surface area contributed by atoms with Crippen molar-refractivity contribution in [2.45, 2.75) is 38.1 Å². The molecule has 0 bridgehead atoms. The second-order valence-electron chi connectivity index (χ2n) is 6.37. The zero-order chi connectivity index (χ0) is 17.1. The van der Waals surface area contributed by atoms with Gasteiger partial charge in [0.1, 0.15) is 0 Å². The molecule has 1 aliphatic carbocycles. The third-order valence-electron chi connectivity index (χ3n) is 4.72. The molecule has 0 saturated carbocycles. The Kier molecular flexibility index (Phi) is 4.65. The van der Waals surface area contributed by atoms with Gasteiger partial charge in [-0.2, -0.15) is 0 Å². The Hall–Kier alpha value is -2.62. The Morgan fingerprint density at radius 1 is 1.04 bits per heavy atom. The molecule has 2 atom stereocenters. The summed E-state index contributed by atoms with van der Waals surface area (Å²) in [6.45, 7) is 2.21. The molecular weight excluding hydrogens is 302 g/mol. The number of carbonyl (C=O) groups excluding carboxylic acids is 1. The molecule has 0 heterocycles. The van der Waals surface area contributed by atoms with Crippen molar-refractivity contribution in [3.05, 3.63) is 70.8 Å². The highest BCUT2D eigenvalue weighted by molar-refractivity contribution is 5.91. The van der Waals surface area contributed by atoms with Crippen LogP contribution in [0.4, 0.5) is 0 Å². The van der Waals surface area contributed by atoms with Gasteiger partial charge in [-0.25, -0.2) is 4.79 Å². The number of carbonyl (C=O) groups is 2. The van der Waals surface area contributed by atoms with Crippen molar-refractivity contribution in [3.8, 4) is 0 Å². The summed E-state index contributed by atoms with van der Waals surface area (Å²) in [5, 5.41) is 12.3. The molecule has 1 amide bonds. The Morgan fingerprint density at radius 3 is 2.46 bits per heavy atom. The van der Waals surface area contributed by atoms with Gasteiger partial charge in [0.25, 0.3) is 0 Å². The fourth-order valence-corrected chi connectivity index (χ4v) is 3.46. The average molecular weight is 323 g/mol. The van der Waals surface area contributed by atoms with Crippen LogP contribution < -0.4 is 5.32 Å². The first-order valence-electron chi connectivity index (χ1n) is 8.25. The molecule has 3 rings (SSSR count). The normalized spacial score (nSPS) is 19.4. The monoisotopic (exact) mass is 323 g/mol. The summed E-state index contributed by atoms with van der Waals surface area (Å²) >= 11 is 0. The Morgan fingerprint density at radius 2 is 1.71 bits per heavy atom. The number of hydrogen-bond acceptors (Lipinski definition) is 2. The summed E-state index contributed by atoms with van der Waals surface area (Å²) in [4.78, 5) is 23.7. The zero-order valence-corrected chi connectivity index (χ0v) is 13.7. The highest BCUT2D eigenvalue weighted by Crippen LogP contribution is 2.36. The molecule has 0 spiro atoms. The van der Waals surface area contributed by atoms with Gasteiger partial charge in [0.05, 0.1) is 18.0 Å². The highest BCUT2D eigenvalue weighted by Gasteiger charge is 2.25. The Bertz CT molecular complexity index is 769. The third-order valence-corrected chi connectivity index (χ3v) is 4.72. The molecule has 0 aliphatic heterocycles. The first-order chi connectivity index (χ1) is 11.6. The number of benzene rings is 2. The number of nitrogens with one attached hydrogen (secondary N) is 1. The second-order valence-corrected chi connectivity index (χ2v) is 6.37. The fourth-order valence-electron chi connectivity index (χ4n) is 3.46. The number of rotatable bonds is 4. The largest absolute Gasteiger partial charge is 0.478 e. The quantitative estimate of drug-likeness (QED) is 0.902. The van der Waals surface area contributed by atoms with Gasteiger partial charge in [-0.15, -0.1) is 0 Å². The minimum atomic E-state index is -1.00. The minimum absolute atomic E-state index is 0.00175. The maximum atomic E-state index is 12.4. The van der Waals surface area contributed by atoms with Crippen LogP contribution in [0.1, 0.15) is 58.8 Å². The molecule has 2 aromatic rings. The van der Waals surface area contributed by atoms with Gasteiger partial charge < -0.3 is 10.4 Å². The third kappa shape index (κ3) is 3.32. The number of amides is 1. The molecule has 1 aliphatic rings. The van der Waals surface area contributed by atoms with E-state index in [9.17, 15) is 14.7 Å². The topological polar surface area (TPSA) is 66.4 Å². The van der Waals surface area contributed by atoms with E-state index in [1.165, 1.54) is 17.2 Å². The Labute approximate surface area is 141 Å². The fraction of sp³-hybridized carbons (Fsp3) is 0.300. The summed E-state index contributed by atoms with van der Waals surface area (Å²) in [5.41, 5.74) is 3.20. The number of fused-ring (bicyclic) bond motifs is 1. The van der Waals surface area contributed by atoms with Crippen molar-refractivity contribution in [2.24, 2.45) is 0 Å². The van der Waals surface area contributed by atoms with Crippen LogP contribution in [-0.2, 0) is 11.2 Å². The van der Waals surface area contributed by atoms with Gasteiger partial charge in [-0.05, 0) is 41.5 Å². The molecule has 0 radical (unpaired) electrons. The second kappa shape index (κ2) is 6.87. The number of hydrogen-bond donors (Lipinski definition) is 2. The van der Waals surface area contributed by atoms with E-state index >= 15 is 0 Å². The molecule has 4 heteroatoms. The predicted octanol–water partition coefficient (Wildman–Crippen LogP) is 3.68. The number of aromatic carboxylic acids is 1. The molecule has 0 saturated heterocycles. The van der Waals surface area contributed by atoms with Crippen LogP contribution >= 0.6 is 0 Å². The van der Waals surface area contributed by atoms with Crippen molar-refractivity contribution in [1.82, 2.24) is 5.32 Å². The van der Waals surface area contributed by atoms with Gasteiger partial charge >= 0.3 is 5.97 Å². The summed E-state index contributed by atoms with van der Waals surface area (Å²) in [7, 11) is 0. The maximum absolute atomic E-state index is 12.4. The van der Waals surface area contributed by atoms with Crippen LogP contribution in [-0.4, -0.2) is 17.0 Å². The molecule has 124 valence electrons. The first kappa shape index (κ1) is 16.2. The van der Waals surface area contributed by atoms with Crippen molar-refractivity contribution in [3.63, 3.8) is 0 Å². The summed E-state index contributed by atoms with van der Waals surface area (Å²) in [6, 6.07) is 14.9. The van der Waals surface area contributed by atoms with Crippen molar-refractivity contribution < 1.29 is 14.7 Å². The van der Waals surface area contributed by atoms with E-state index in [1.54, 1.807) is 18.2 Å². The molecular formula is C20H21NO3. The number of carboxylic acid groups (broad SMARTS) is 1. The van der Waals surface area contributed by atoms with Gasteiger partial charge in [0, 0.05) is 0 Å². The lowest BCUT2D eigenvalue weighted by atomic mass is 9.81. The lowest BCUT2D eigenvalue weighted by molar-refractivity contribution is -0.121. The van der Waals surface area contributed by atoms with E-state index in [2.05, 4.69) is 24.4 Å². The molecule has 4 nitrogen and oxygen atoms in total. The maximum Gasteiger partial charge on any atom is 0.335 e. The first-order valence-corrected chi connectivity index (χ1v) is 8.25. The van der Waals surface area contributed by atoms with Crippen LogP contribution in [0.25, 0.3) is 0 Å². The Balaban J connectivity index is 1.75. The lowest BCUT2D eigenvalue weighted by Crippen LogP contribution is -2.32. The predicted molar refractivity (Wildman–Crippen MR) is 92.1 cm³/mol. The average Bonchev–Trinajstić information content (AvgIpc) is 2.58. The van der Waals surface area contributed by atoms with Gasteiger partial charge in [-0.3, -0.25) is 4.79 Å². The highest BCUT2D eigenvalue weighted by atomic mass is 16.4. The summed E-state index contributed by atoms with van der Waals surface area (Å²) in [5.74, 6) is -0.643. The molecule has 24 heavy (non-hydrogen) atoms. The lowest BCUT2D eigenvalue weighted by Gasteiger charge is -2.30. The van der Waals surface area contributed by atoms with Crippen molar-refractivity contribution in [2.75, 3.05) is 0 Å². The van der Waals surface area contributed by atoms with E-state index < -0.39 is 5.97 Å².